The number of nitrogens with one attached hydrogen (secondary N) is 1. The summed E-state index contributed by atoms with van der Waals surface area (Å²) in [6.45, 7) is 1.98. The molecule has 1 N–H and O–H groups in total. The fraction of sp³-hybridized carbons (Fsp3) is 0.583. The second-order valence-corrected chi connectivity index (χ2v) is 4.38. The Morgan fingerprint density at radius 2 is 1.80 bits per heavy atom. The highest BCUT2D eigenvalue weighted by molar-refractivity contribution is 5.46. The maximum absolute atomic E-state index is 8.83. The molecule has 1 fully saturated rings. The lowest BCUT2D eigenvalue weighted by Crippen LogP contribution is -2.28. The average Bonchev–Trinajstić information content (AvgIpc) is 3.01. The zero-order valence-corrected chi connectivity index (χ0v) is 11.4. The Balaban J connectivity index is 2.33. The monoisotopic (exact) mass is 272 g/mol. The maximum Gasteiger partial charge on any atom is 0.233 e. The van der Waals surface area contributed by atoms with Crippen molar-refractivity contribution in [1.29, 1.82) is 10.5 Å². The van der Waals surface area contributed by atoms with Gasteiger partial charge in [0, 0.05) is 20.1 Å². The number of aromatic nitrogens is 3. The second kappa shape index (κ2) is 6.53. The van der Waals surface area contributed by atoms with Crippen molar-refractivity contribution in [3.05, 3.63) is 0 Å². The molecule has 2 rings (SSSR count). The van der Waals surface area contributed by atoms with Crippen LogP contribution in [0.1, 0.15) is 12.8 Å². The fourth-order valence-corrected chi connectivity index (χ4v) is 2.03. The van der Waals surface area contributed by atoms with E-state index in [4.69, 9.17) is 10.5 Å². The molecule has 1 saturated heterocycles. The van der Waals surface area contributed by atoms with E-state index in [1.54, 1.807) is 7.05 Å². The van der Waals surface area contributed by atoms with Crippen LogP contribution in [0.2, 0.25) is 0 Å². The Bertz CT molecular complexity index is 521. The predicted octanol–water partition coefficient (Wildman–Crippen LogP) is 0.367. The second-order valence-electron chi connectivity index (χ2n) is 4.38. The van der Waals surface area contributed by atoms with Gasteiger partial charge in [0.2, 0.25) is 17.8 Å². The number of nitrogens with zero attached hydrogens (tertiary/aromatic N) is 7. The Labute approximate surface area is 117 Å². The van der Waals surface area contributed by atoms with Gasteiger partial charge in [-0.2, -0.15) is 25.5 Å². The molecule has 8 nitrogen and oxygen atoms in total. The third kappa shape index (κ3) is 3.04. The highest BCUT2D eigenvalue weighted by atomic mass is 15.4. The summed E-state index contributed by atoms with van der Waals surface area (Å²) < 4.78 is 0. The average molecular weight is 272 g/mol. The van der Waals surface area contributed by atoms with Gasteiger partial charge in [0.15, 0.2) is 0 Å². The smallest absolute Gasteiger partial charge is 0.233 e. The molecule has 0 aromatic carbocycles. The molecule has 0 spiro atoms. The lowest BCUT2D eigenvalue weighted by atomic mass is 10.4. The first-order chi connectivity index (χ1) is 9.78. The van der Waals surface area contributed by atoms with Crippen molar-refractivity contribution in [3.8, 4) is 12.1 Å². The van der Waals surface area contributed by atoms with Crippen LogP contribution in [-0.4, -0.2) is 48.2 Å². The van der Waals surface area contributed by atoms with Crippen LogP contribution in [0.4, 0.5) is 17.8 Å². The fourth-order valence-electron chi connectivity index (χ4n) is 2.03. The number of rotatable bonds is 5. The molecule has 8 heteroatoms. The summed E-state index contributed by atoms with van der Waals surface area (Å²) in [5, 5.41) is 20.6. The maximum atomic E-state index is 8.83. The quantitative estimate of drug-likeness (QED) is 0.766. The summed E-state index contributed by atoms with van der Waals surface area (Å²) in [5.41, 5.74) is 0. The van der Waals surface area contributed by atoms with E-state index in [9.17, 15) is 0 Å². The predicted molar refractivity (Wildman–Crippen MR) is 74.3 cm³/mol. The van der Waals surface area contributed by atoms with Crippen molar-refractivity contribution in [1.82, 2.24) is 15.0 Å². The molecule has 0 atom stereocenters. The van der Waals surface area contributed by atoms with Crippen LogP contribution in [0.25, 0.3) is 0 Å². The SMILES string of the molecule is CNc1nc(N(CC#N)CC#N)nc(N2CCCC2)n1. The highest BCUT2D eigenvalue weighted by Crippen LogP contribution is 2.20. The van der Waals surface area contributed by atoms with E-state index in [0.717, 1.165) is 25.9 Å². The summed E-state index contributed by atoms with van der Waals surface area (Å²) >= 11 is 0. The molecule has 0 unspecified atom stereocenters. The first-order valence-corrected chi connectivity index (χ1v) is 6.46. The van der Waals surface area contributed by atoms with Gasteiger partial charge >= 0.3 is 0 Å². The van der Waals surface area contributed by atoms with Gasteiger partial charge in [-0.05, 0) is 12.8 Å². The first kappa shape index (κ1) is 13.8. The molecule has 0 saturated carbocycles. The number of nitriles is 2. The molecule has 20 heavy (non-hydrogen) atoms. The van der Waals surface area contributed by atoms with Crippen LogP contribution in [0.3, 0.4) is 0 Å². The molecule has 1 aliphatic heterocycles. The molecule has 1 aliphatic rings. The van der Waals surface area contributed by atoms with Crippen molar-refractivity contribution >= 4 is 17.8 Å². The Kier molecular flexibility index (Phi) is 4.51. The van der Waals surface area contributed by atoms with Crippen LogP contribution < -0.4 is 15.1 Å². The van der Waals surface area contributed by atoms with Crippen molar-refractivity contribution in [2.45, 2.75) is 12.8 Å². The zero-order chi connectivity index (χ0) is 14.4. The minimum atomic E-state index is 0.0696. The van der Waals surface area contributed by atoms with Gasteiger partial charge in [-0.1, -0.05) is 0 Å². The van der Waals surface area contributed by atoms with Crippen LogP contribution in [0, 0.1) is 22.7 Å². The molecule has 0 radical (unpaired) electrons. The normalized spacial score (nSPS) is 13.7. The van der Waals surface area contributed by atoms with Crippen molar-refractivity contribution in [2.75, 3.05) is 48.3 Å². The van der Waals surface area contributed by atoms with E-state index >= 15 is 0 Å². The topological polar surface area (TPSA) is 105 Å². The molecule has 0 bridgehead atoms. The van der Waals surface area contributed by atoms with Crippen LogP contribution >= 0.6 is 0 Å². The minimum Gasteiger partial charge on any atom is -0.357 e. The van der Waals surface area contributed by atoms with Crippen molar-refractivity contribution in [2.24, 2.45) is 0 Å². The van der Waals surface area contributed by atoms with Crippen LogP contribution in [0.5, 0.6) is 0 Å². The van der Waals surface area contributed by atoms with Crippen molar-refractivity contribution in [3.63, 3.8) is 0 Å². The first-order valence-electron chi connectivity index (χ1n) is 6.46. The number of hydrogen-bond acceptors (Lipinski definition) is 8. The summed E-state index contributed by atoms with van der Waals surface area (Å²) in [6, 6.07) is 4.04. The van der Waals surface area contributed by atoms with Crippen molar-refractivity contribution < 1.29 is 0 Å². The summed E-state index contributed by atoms with van der Waals surface area (Å²) in [4.78, 5) is 16.6. The van der Waals surface area contributed by atoms with Gasteiger partial charge in [-0.15, -0.1) is 0 Å². The Morgan fingerprint density at radius 1 is 1.15 bits per heavy atom. The van der Waals surface area contributed by atoms with Gasteiger partial charge in [0.1, 0.15) is 13.1 Å². The highest BCUT2D eigenvalue weighted by Gasteiger charge is 2.19. The largest absolute Gasteiger partial charge is 0.357 e. The van der Waals surface area contributed by atoms with E-state index in [-0.39, 0.29) is 13.1 Å². The summed E-state index contributed by atoms with van der Waals surface area (Å²) in [7, 11) is 1.73. The van der Waals surface area contributed by atoms with E-state index in [0.29, 0.717) is 17.8 Å². The van der Waals surface area contributed by atoms with Gasteiger partial charge in [-0.25, -0.2) is 0 Å². The molecule has 104 valence electrons. The van der Waals surface area contributed by atoms with Gasteiger partial charge < -0.3 is 15.1 Å². The van der Waals surface area contributed by atoms with E-state index < -0.39 is 0 Å². The third-order valence-corrected chi connectivity index (χ3v) is 3.03. The molecule has 1 aromatic rings. The molecule has 2 heterocycles. The third-order valence-electron chi connectivity index (χ3n) is 3.03. The zero-order valence-electron chi connectivity index (χ0n) is 11.4. The lowest BCUT2D eigenvalue weighted by molar-refractivity contribution is 0.840. The Morgan fingerprint density at radius 3 is 2.35 bits per heavy atom. The van der Waals surface area contributed by atoms with Gasteiger partial charge in [0.25, 0.3) is 0 Å². The summed E-state index contributed by atoms with van der Waals surface area (Å²) in [6.07, 6.45) is 2.24. The van der Waals surface area contributed by atoms with E-state index in [2.05, 4.69) is 25.2 Å². The molecule has 0 aliphatic carbocycles. The molecular formula is C12H16N8. The Hall–Kier alpha value is -2.61. The van der Waals surface area contributed by atoms with Crippen LogP contribution in [-0.2, 0) is 0 Å². The molecule has 1 aromatic heterocycles. The van der Waals surface area contributed by atoms with Gasteiger partial charge in [-0.3, -0.25) is 0 Å². The summed E-state index contributed by atoms with van der Waals surface area (Å²) in [5.74, 6) is 1.39. The van der Waals surface area contributed by atoms with Crippen LogP contribution in [0.15, 0.2) is 0 Å². The lowest BCUT2D eigenvalue weighted by Gasteiger charge is -2.20. The standard InChI is InChI=1S/C12H16N8/c1-15-10-16-11(19-6-2-3-7-19)18-12(17-10)20(8-4-13)9-5-14/h2-3,6-9H2,1H3,(H,15,16,17,18). The molecular weight excluding hydrogens is 256 g/mol. The number of hydrogen-bond donors (Lipinski definition) is 1. The number of anilines is 3. The minimum absolute atomic E-state index is 0.0696. The molecule has 0 amide bonds. The van der Waals surface area contributed by atoms with E-state index in [1.807, 2.05) is 12.1 Å². The van der Waals surface area contributed by atoms with Gasteiger partial charge in [0.05, 0.1) is 12.1 Å². The van der Waals surface area contributed by atoms with E-state index in [1.165, 1.54) is 4.90 Å².